The molecule has 1 amide bonds. The molecular weight excluding hydrogens is 1430 g/mol. The van der Waals surface area contributed by atoms with Crippen molar-refractivity contribution < 1.29 is 46.9 Å². The van der Waals surface area contributed by atoms with Gasteiger partial charge in [-0.2, -0.15) is 0 Å². The van der Waals surface area contributed by atoms with Crippen molar-refractivity contribution in [3.05, 3.63) is 125 Å². The largest absolute Gasteiger partial charge is 0.462 e. The first-order valence-corrected chi connectivity index (χ1v) is 44.3. The summed E-state index contributed by atoms with van der Waals surface area (Å²) in [4.78, 5) is 71.0. The second-order valence-corrected chi connectivity index (χ2v) is 38.2. The maximum absolute atomic E-state index is 13.2. The summed E-state index contributed by atoms with van der Waals surface area (Å²) in [7, 11) is 0. The highest BCUT2D eigenvalue weighted by Crippen LogP contribution is 2.70. The van der Waals surface area contributed by atoms with E-state index >= 15 is 0 Å². The molecule has 16 atom stereocenters. The molecule has 8 fully saturated rings. The molecule has 2 saturated heterocycles. The minimum Gasteiger partial charge on any atom is -0.462 e. The number of rotatable bonds is 21. The number of hydrogen-bond donors (Lipinski definition) is 1. The number of allylic oxidation sites excluding steroid dienone is 2. The van der Waals surface area contributed by atoms with E-state index in [1.54, 1.807) is 30.5 Å². The molecule has 4 aromatic heterocycles. The summed E-state index contributed by atoms with van der Waals surface area (Å²) in [5.74, 6) is 11.0. The number of benzene rings is 3. The number of aromatic nitrogens is 3. The molecule has 610 valence electrons. The van der Waals surface area contributed by atoms with Crippen molar-refractivity contribution in [1.82, 2.24) is 15.0 Å². The van der Waals surface area contributed by atoms with Gasteiger partial charge in [0.25, 0.3) is 0 Å². The molecule has 3 aromatic carbocycles. The van der Waals surface area contributed by atoms with Crippen LogP contribution in [-0.4, -0.2) is 97.8 Å². The van der Waals surface area contributed by atoms with E-state index in [0.717, 1.165) is 126 Å². The van der Waals surface area contributed by atoms with Crippen molar-refractivity contribution >= 4 is 68.6 Å². The monoisotopic (exact) mass is 1550 g/mol. The van der Waals surface area contributed by atoms with Crippen LogP contribution in [0.25, 0.3) is 55.7 Å². The van der Waals surface area contributed by atoms with Crippen molar-refractivity contribution in [3.63, 3.8) is 0 Å². The predicted molar refractivity (Wildman–Crippen MR) is 451 cm³/mol. The van der Waals surface area contributed by atoms with Gasteiger partial charge in [0.15, 0.2) is 28.5 Å². The predicted octanol–water partition coefficient (Wildman–Crippen LogP) is 22.2. The number of amides is 1. The standard InChI is InChI=1S/C50H64N4O6.C47H62N2O5/c1-31(2)9-6-10-32(3)39-16-17-40-37-15-14-34-30-36(20-22-49(34,4)41(37)21-23-50(39,40)5)59-43(56)19-18-42(55)58-35-12-7-11-33(29-35)46-52-44-38-13-8-24-51-48(38)60-45(44)47(53-46)54-25-27-57-28-26-54;1-30(2)8-6-9-31(3)39-18-19-40-37-17-14-33-28-35(20-22-46(33,4)41(37)21-23-47(39,40)5)53-45(51)48-34-15-12-32(13-16-34)36-10-7-11-38-42(50)29-43(54-44(36)38)49-24-26-52-27-25-49/h7-8,11-14,24,29,31-32,36-37,39-41H,6,9-10,15-23,25-28,30H2,1-5H3;7,10-16,29-31,35,37,39-41H,6,8-9,17-28H2,1-5H3,(H,48,51)/t32-,36?,37+,39-,40+,41+,49+,50-;31-,35+,37+,39-,40+,41+,46+,47-/m11/s1. The zero-order valence-corrected chi connectivity index (χ0v) is 69.8. The third kappa shape index (κ3) is 16.1. The molecule has 1 N–H and O–H groups in total. The van der Waals surface area contributed by atoms with Gasteiger partial charge in [-0.15, -0.1) is 0 Å². The fourth-order valence-electron chi connectivity index (χ4n) is 24.8. The Balaban J connectivity index is 0.000000173. The number of morpholine rings is 2. The second kappa shape index (κ2) is 33.6. The molecule has 0 spiro atoms. The number of hydrogen-bond acceptors (Lipinski definition) is 16. The first-order chi connectivity index (χ1) is 55.0. The minimum atomic E-state index is -0.484. The van der Waals surface area contributed by atoms with Crippen LogP contribution >= 0.6 is 0 Å². The van der Waals surface area contributed by atoms with E-state index in [1.165, 1.54) is 114 Å². The summed E-state index contributed by atoms with van der Waals surface area (Å²) in [5.41, 5.74) is 9.80. The van der Waals surface area contributed by atoms with Gasteiger partial charge in [-0.1, -0.05) is 167 Å². The van der Waals surface area contributed by atoms with E-state index in [4.69, 9.17) is 42.5 Å². The molecule has 10 aliphatic rings. The Bertz CT molecular complexity index is 4740. The molecule has 6 heterocycles. The van der Waals surface area contributed by atoms with Crippen LogP contribution in [0.15, 0.2) is 128 Å². The first-order valence-electron chi connectivity index (χ1n) is 44.3. The van der Waals surface area contributed by atoms with Crippen LogP contribution in [-0.2, 0) is 28.5 Å². The van der Waals surface area contributed by atoms with E-state index in [1.807, 2.05) is 60.7 Å². The van der Waals surface area contributed by atoms with E-state index in [2.05, 4.69) is 101 Å². The van der Waals surface area contributed by atoms with Crippen molar-refractivity contribution in [2.75, 3.05) is 67.7 Å². The molecule has 17 rings (SSSR count). The molecule has 0 bridgehead atoms. The van der Waals surface area contributed by atoms with Gasteiger partial charge in [0.2, 0.25) is 5.71 Å². The van der Waals surface area contributed by atoms with Crippen LogP contribution in [0, 0.1) is 92.7 Å². The number of carbonyl (C=O) groups is 3. The highest BCUT2D eigenvalue weighted by atomic mass is 16.6. The Morgan fingerprint density at radius 2 is 1.14 bits per heavy atom. The second-order valence-electron chi connectivity index (χ2n) is 38.2. The van der Waals surface area contributed by atoms with Crippen LogP contribution in [0.3, 0.4) is 0 Å². The number of anilines is 3. The van der Waals surface area contributed by atoms with Gasteiger partial charge in [0.1, 0.15) is 29.1 Å². The van der Waals surface area contributed by atoms with Gasteiger partial charge in [0.05, 0.1) is 50.0 Å². The summed E-state index contributed by atoms with van der Waals surface area (Å²) < 4.78 is 41.5. The SMILES string of the molecule is CC(C)CCC[C@@H](C)[C@H]1CC[C@H]2[C@@H]3CC=C4CC(OC(=O)CCC(=O)Oc5cccc(-c6nc(N7CCOCC7)c7oc8ncccc8c7n6)c5)CC[C@]4(C)[C@H]3CC[C@]12C.CC(C)CCC[C@@H](C)[C@H]1CC[C@H]2[C@@H]3CC=C4C[C@@H](OC(=O)Nc5ccc(-c6cccc7c(=O)cc(N8CCOCC8)oc67)cc5)CC[C@]4(C)[C@H]3CC[C@]12C. The minimum absolute atomic E-state index is 0.0162. The van der Waals surface area contributed by atoms with Gasteiger partial charge < -0.3 is 42.3 Å². The number of pyridine rings is 1. The number of para-hydroxylation sites is 1. The normalized spacial score (nSPS) is 30.4. The third-order valence-electron chi connectivity index (χ3n) is 30.8. The maximum atomic E-state index is 13.2. The number of nitrogens with zero attached hydrogens (tertiary/aromatic N) is 5. The van der Waals surface area contributed by atoms with Gasteiger partial charge in [-0.3, -0.25) is 19.7 Å². The number of esters is 2. The number of ether oxygens (including phenoxy) is 5. The Morgan fingerprint density at radius 1 is 0.561 bits per heavy atom. The van der Waals surface area contributed by atoms with E-state index in [9.17, 15) is 19.2 Å². The van der Waals surface area contributed by atoms with Gasteiger partial charge in [-0.05, 0) is 231 Å². The zero-order chi connectivity index (χ0) is 79.2. The van der Waals surface area contributed by atoms with Gasteiger partial charge >= 0.3 is 18.0 Å². The summed E-state index contributed by atoms with van der Waals surface area (Å²) in [6.45, 7) is 30.1. The van der Waals surface area contributed by atoms with Crippen LogP contribution in [0.4, 0.5) is 22.2 Å². The number of fused-ring (bicyclic) bond motifs is 14. The van der Waals surface area contributed by atoms with Crippen molar-refractivity contribution in [2.45, 2.75) is 236 Å². The van der Waals surface area contributed by atoms with Crippen LogP contribution < -0.4 is 25.3 Å². The fourth-order valence-corrected chi connectivity index (χ4v) is 24.8. The number of furan rings is 1. The highest BCUT2D eigenvalue weighted by Gasteiger charge is 2.61. The Morgan fingerprint density at radius 3 is 1.75 bits per heavy atom. The summed E-state index contributed by atoms with van der Waals surface area (Å²) in [6.07, 6.45) is 33.4. The fraction of sp³-hybridized carbons (Fsp3) is 0.619. The van der Waals surface area contributed by atoms with Gasteiger partial charge in [-0.25, -0.2) is 19.7 Å². The number of carbonyl (C=O) groups excluding carboxylic acids is 3. The van der Waals surface area contributed by atoms with Crippen LogP contribution in [0.1, 0.15) is 223 Å². The Labute approximate surface area is 675 Å². The lowest BCUT2D eigenvalue weighted by atomic mass is 9.47. The lowest BCUT2D eigenvalue weighted by Gasteiger charge is -2.58. The Kier molecular flexibility index (Phi) is 23.6. The topological polar surface area (TPSA) is 198 Å². The van der Waals surface area contributed by atoms with E-state index < -0.39 is 12.1 Å². The lowest BCUT2D eigenvalue weighted by Crippen LogP contribution is -2.51. The summed E-state index contributed by atoms with van der Waals surface area (Å²) in [6, 6.07) is 25.9. The van der Waals surface area contributed by atoms with Crippen molar-refractivity contribution in [2.24, 2.45) is 92.7 Å². The molecule has 0 radical (unpaired) electrons. The van der Waals surface area contributed by atoms with E-state index in [-0.39, 0.29) is 47.3 Å². The average molecular weight is 1550 g/mol. The molecule has 17 heteroatoms. The molecule has 2 aliphatic heterocycles. The smallest absolute Gasteiger partial charge is 0.411 e. The lowest BCUT2D eigenvalue weighted by molar-refractivity contribution is -0.153. The highest BCUT2D eigenvalue weighted by molar-refractivity contribution is 6.05. The molecule has 7 aromatic rings. The molecule has 114 heavy (non-hydrogen) atoms. The molecule has 17 nitrogen and oxygen atoms in total. The summed E-state index contributed by atoms with van der Waals surface area (Å²) >= 11 is 0. The molecular formula is C97H126N6O11. The zero-order valence-electron chi connectivity index (χ0n) is 69.8. The molecule has 6 saturated carbocycles. The van der Waals surface area contributed by atoms with Crippen LogP contribution in [0.5, 0.6) is 5.75 Å². The van der Waals surface area contributed by atoms with E-state index in [0.29, 0.717) is 126 Å². The average Bonchev–Trinajstić information content (AvgIpc) is 1.41. The number of nitrogens with one attached hydrogen (secondary N) is 1. The molecule has 8 aliphatic carbocycles. The van der Waals surface area contributed by atoms with Gasteiger partial charge in [0, 0.05) is 68.1 Å². The summed E-state index contributed by atoms with van der Waals surface area (Å²) in [5, 5.41) is 4.33. The third-order valence-corrected chi connectivity index (χ3v) is 30.8. The Hall–Kier alpha value is -7.89. The quantitative estimate of drug-likeness (QED) is 0.0404. The first kappa shape index (κ1) is 79.9. The van der Waals surface area contributed by atoms with Crippen molar-refractivity contribution in [3.8, 4) is 28.3 Å². The molecule has 1 unspecified atom stereocenters. The maximum Gasteiger partial charge on any atom is 0.411 e. The van der Waals surface area contributed by atoms with Crippen LogP contribution in [0.2, 0.25) is 0 Å². The van der Waals surface area contributed by atoms with Crippen molar-refractivity contribution in [1.29, 1.82) is 0 Å².